The quantitative estimate of drug-likeness (QED) is 0.340. The molecule has 10 heteroatoms. The Morgan fingerprint density at radius 1 is 1.18 bits per heavy atom. The van der Waals surface area contributed by atoms with Gasteiger partial charge in [-0.05, 0) is 42.8 Å². The van der Waals surface area contributed by atoms with Gasteiger partial charge in [0.1, 0.15) is 17.6 Å². The smallest absolute Gasteiger partial charge is 0.390 e. The molecule has 0 unspecified atom stereocenters. The standard InChI is InChI=1S/C24H21F3N4O3/c1-14-10-15(6-7-17(14)23(28)33)31-13-30-22-18(29-9-8-24(25,26)27)11-16(12-19(22)31)34-21-5-3-2-4-20(21)32/h2-7,10-13,29,32H,8-9H2,1H3,(H2,28,33). The summed E-state index contributed by atoms with van der Waals surface area (Å²) in [4.78, 5) is 16.0. The molecule has 0 atom stereocenters. The number of fused-ring (bicyclic) bond motifs is 1. The number of aromatic hydroxyl groups is 1. The molecule has 0 radical (unpaired) electrons. The van der Waals surface area contributed by atoms with Crippen LogP contribution in [-0.4, -0.2) is 33.3 Å². The van der Waals surface area contributed by atoms with Crippen molar-refractivity contribution in [2.24, 2.45) is 5.73 Å². The molecule has 0 spiro atoms. The number of hydrogen-bond donors (Lipinski definition) is 3. The van der Waals surface area contributed by atoms with Gasteiger partial charge in [-0.1, -0.05) is 12.1 Å². The lowest BCUT2D eigenvalue weighted by atomic mass is 10.1. The lowest BCUT2D eigenvalue weighted by Gasteiger charge is -2.14. The lowest BCUT2D eigenvalue weighted by molar-refractivity contribution is -0.131. The molecule has 3 aromatic carbocycles. The normalized spacial score (nSPS) is 11.5. The Hall–Kier alpha value is -4.21. The number of rotatable bonds is 7. The molecule has 4 aromatic rings. The van der Waals surface area contributed by atoms with Crippen LogP contribution >= 0.6 is 0 Å². The van der Waals surface area contributed by atoms with Gasteiger partial charge in [-0.3, -0.25) is 9.36 Å². The number of halogens is 3. The second-order valence-electron chi connectivity index (χ2n) is 7.68. The fourth-order valence-corrected chi connectivity index (χ4v) is 3.57. The molecule has 4 rings (SSSR count). The molecule has 0 aliphatic carbocycles. The van der Waals surface area contributed by atoms with Crippen molar-refractivity contribution in [2.75, 3.05) is 11.9 Å². The van der Waals surface area contributed by atoms with Gasteiger partial charge in [0.25, 0.3) is 0 Å². The highest BCUT2D eigenvalue weighted by Crippen LogP contribution is 2.36. The predicted octanol–water partition coefficient (Wildman–Crippen LogP) is 5.30. The Balaban J connectivity index is 1.79. The van der Waals surface area contributed by atoms with E-state index >= 15 is 0 Å². The van der Waals surface area contributed by atoms with Crippen LogP contribution in [0.25, 0.3) is 16.7 Å². The number of nitrogens with two attached hydrogens (primary N) is 1. The number of alkyl halides is 3. The van der Waals surface area contributed by atoms with Crippen LogP contribution in [0.4, 0.5) is 18.9 Å². The van der Waals surface area contributed by atoms with Crippen molar-refractivity contribution in [1.82, 2.24) is 9.55 Å². The summed E-state index contributed by atoms with van der Waals surface area (Å²) in [5.41, 5.74) is 8.44. The largest absolute Gasteiger partial charge is 0.504 e. The summed E-state index contributed by atoms with van der Waals surface area (Å²) in [5.74, 6) is -0.152. The Kier molecular flexibility index (Phi) is 6.06. The van der Waals surface area contributed by atoms with Gasteiger partial charge in [0.05, 0.1) is 17.6 Å². The average molecular weight is 470 g/mol. The third kappa shape index (κ3) is 4.90. The first-order valence-corrected chi connectivity index (χ1v) is 10.3. The summed E-state index contributed by atoms with van der Waals surface area (Å²) < 4.78 is 45.6. The fourth-order valence-electron chi connectivity index (χ4n) is 3.57. The van der Waals surface area contributed by atoms with Gasteiger partial charge in [-0.2, -0.15) is 13.2 Å². The summed E-state index contributed by atoms with van der Waals surface area (Å²) >= 11 is 0. The van der Waals surface area contributed by atoms with E-state index in [-0.39, 0.29) is 23.8 Å². The van der Waals surface area contributed by atoms with E-state index in [0.29, 0.717) is 33.5 Å². The zero-order chi connectivity index (χ0) is 24.5. The van der Waals surface area contributed by atoms with Gasteiger partial charge in [-0.15, -0.1) is 0 Å². The number of nitrogens with zero attached hydrogens (tertiary/aromatic N) is 2. The van der Waals surface area contributed by atoms with Crippen LogP contribution in [0.1, 0.15) is 22.3 Å². The molecule has 7 nitrogen and oxygen atoms in total. The van der Waals surface area contributed by atoms with Gasteiger partial charge in [0.2, 0.25) is 5.91 Å². The zero-order valence-electron chi connectivity index (χ0n) is 18.1. The van der Waals surface area contributed by atoms with Gasteiger partial charge in [0.15, 0.2) is 11.5 Å². The van der Waals surface area contributed by atoms with Crippen LogP contribution in [0.3, 0.4) is 0 Å². The number of nitrogens with one attached hydrogen (secondary N) is 1. The number of phenols is 1. The number of imidazole rings is 1. The van der Waals surface area contributed by atoms with E-state index in [1.807, 2.05) is 0 Å². The summed E-state index contributed by atoms with van der Waals surface area (Å²) in [5, 5.41) is 12.8. The number of primary amides is 1. The third-order valence-corrected chi connectivity index (χ3v) is 5.20. The molecule has 4 N–H and O–H groups in total. The van der Waals surface area contributed by atoms with Crippen LogP contribution in [0.15, 0.2) is 60.9 Å². The number of phenolic OH excluding ortho intramolecular Hbond substituents is 1. The first-order chi connectivity index (χ1) is 16.1. The number of ether oxygens (including phenoxy) is 1. The van der Waals surface area contributed by atoms with Crippen LogP contribution in [0, 0.1) is 6.92 Å². The van der Waals surface area contributed by atoms with Crippen molar-refractivity contribution >= 4 is 22.6 Å². The molecule has 0 aliphatic rings. The molecule has 0 saturated heterocycles. The number of amides is 1. The zero-order valence-corrected chi connectivity index (χ0v) is 18.1. The van der Waals surface area contributed by atoms with Crippen molar-refractivity contribution in [3.63, 3.8) is 0 Å². The highest BCUT2D eigenvalue weighted by Gasteiger charge is 2.26. The molecular formula is C24H21F3N4O3. The number of aryl methyl sites for hydroxylation is 1. The van der Waals surface area contributed by atoms with Crippen molar-refractivity contribution < 1.29 is 27.8 Å². The fraction of sp³-hybridized carbons (Fsp3) is 0.167. The van der Waals surface area contributed by atoms with Gasteiger partial charge >= 0.3 is 6.18 Å². The van der Waals surface area contributed by atoms with Crippen molar-refractivity contribution in [3.05, 3.63) is 72.1 Å². The molecule has 1 heterocycles. The Morgan fingerprint density at radius 3 is 2.62 bits per heavy atom. The van der Waals surface area contributed by atoms with Crippen LogP contribution in [-0.2, 0) is 0 Å². The predicted molar refractivity (Wildman–Crippen MR) is 122 cm³/mol. The highest BCUT2D eigenvalue weighted by molar-refractivity contribution is 5.95. The minimum Gasteiger partial charge on any atom is -0.504 e. The molecule has 34 heavy (non-hydrogen) atoms. The summed E-state index contributed by atoms with van der Waals surface area (Å²) in [7, 11) is 0. The van der Waals surface area contributed by atoms with E-state index in [4.69, 9.17) is 10.5 Å². The number of carbonyl (C=O) groups is 1. The Morgan fingerprint density at radius 2 is 1.94 bits per heavy atom. The monoisotopic (exact) mass is 470 g/mol. The van der Waals surface area contributed by atoms with E-state index in [1.54, 1.807) is 54.0 Å². The lowest BCUT2D eigenvalue weighted by Crippen LogP contribution is -2.14. The third-order valence-electron chi connectivity index (χ3n) is 5.20. The second-order valence-corrected chi connectivity index (χ2v) is 7.68. The van der Waals surface area contributed by atoms with Crippen LogP contribution in [0.2, 0.25) is 0 Å². The maximum Gasteiger partial charge on any atom is 0.390 e. The summed E-state index contributed by atoms with van der Waals surface area (Å²) in [6.45, 7) is 1.40. The molecular weight excluding hydrogens is 449 g/mol. The van der Waals surface area contributed by atoms with E-state index in [0.717, 1.165) is 0 Å². The van der Waals surface area contributed by atoms with Crippen LogP contribution < -0.4 is 15.8 Å². The number of carbonyl (C=O) groups excluding carboxylic acids is 1. The number of aromatic nitrogens is 2. The maximum absolute atomic E-state index is 12.7. The van der Waals surface area contributed by atoms with Crippen molar-refractivity contribution in [3.8, 4) is 22.9 Å². The van der Waals surface area contributed by atoms with Crippen molar-refractivity contribution in [2.45, 2.75) is 19.5 Å². The molecule has 0 fully saturated rings. The highest BCUT2D eigenvalue weighted by atomic mass is 19.4. The van der Waals surface area contributed by atoms with Gasteiger partial charge in [0, 0.05) is 29.9 Å². The molecule has 1 amide bonds. The molecule has 1 aromatic heterocycles. The minimum atomic E-state index is -4.31. The number of para-hydroxylation sites is 2. The van der Waals surface area contributed by atoms with Crippen LogP contribution in [0.5, 0.6) is 17.2 Å². The van der Waals surface area contributed by atoms with Gasteiger partial charge in [-0.25, -0.2) is 4.98 Å². The first-order valence-electron chi connectivity index (χ1n) is 10.3. The SMILES string of the molecule is Cc1cc(-n2cnc3c(NCCC(F)(F)F)cc(Oc4ccccc4O)cc32)ccc1C(N)=O. The minimum absolute atomic E-state index is 0.0830. The maximum atomic E-state index is 12.7. The molecule has 0 saturated carbocycles. The second kappa shape index (κ2) is 8.97. The number of hydrogen-bond acceptors (Lipinski definition) is 5. The Labute approximate surface area is 192 Å². The number of benzene rings is 3. The van der Waals surface area contributed by atoms with Gasteiger partial charge < -0.3 is 20.9 Å². The molecule has 0 aliphatic heterocycles. The first kappa shape index (κ1) is 23.0. The number of anilines is 1. The molecule has 0 bridgehead atoms. The Bertz CT molecular complexity index is 1370. The van der Waals surface area contributed by atoms with E-state index in [9.17, 15) is 23.1 Å². The average Bonchev–Trinajstić information content (AvgIpc) is 3.18. The summed E-state index contributed by atoms with van der Waals surface area (Å²) in [6, 6.07) is 14.6. The van der Waals surface area contributed by atoms with E-state index < -0.39 is 18.5 Å². The molecule has 176 valence electrons. The summed E-state index contributed by atoms with van der Waals surface area (Å²) in [6.07, 6.45) is -3.80. The topological polar surface area (TPSA) is 102 Å². The van der Waals surface area contributed by atoms with E-state index in [1.165, 1.54) is 18.5 Å². The van der Waals surface area contributed by atoms with E-state index in [2.05, 4.69) is 10.3 Å². The van der Waals surface area contributed by atoms with Crippen molar-refractivity contribution in [1.29, 1.82) is 0 Å².